The van der Waals surface area contributed by atoms with E-state index in [4.69, 9.17) is 16.3 Å². The highest BCUT2D eigenvalue weighted by atomic mass is 35.5. The lowest BCUT2D eigenvalue weighted by Gasteiger charge is -2.16. The van der Waals surface area contributed by atoms with E-state index in [1.165, 1.54) is 13.1 Å². The molecule has 0 fully saturated rings. The molecule has 0 aliphatic carbocycles. The average molecular weight is 319 g/mol. The van der Waals surface area contributed by atoms with Crippen LogP contribution in [0.5, 0.6) is 5.75 Å². The Bertz CT molecular complexity index is 703. The van der Waals surface area contributed by atoms with Crippen molar-refractivity contribution in [3.8, 4) is 5.75 Å². The molecular weight excluding hydrogens is 304 g/mol. The zero-order chi connectivity index (χ0) is 16.1. The summed E-state index contributed by atoms with van der Waals surface area (Å²) in [4.78, 5) is 27.4. The minimum Gasteiger partial charge on any atom is -0.481 e. The van der Waals surface area contributed by atoms with Crippen molar-refractivity contribution in [2.45, 2.75) is 20.0 Å². The van der Waals surface area contributed by atoms with Crippen LogP contribution in [-0.2, 0) is 4.79 Å². The second-order valence-corrected chi connectivity index (χ2v) is 5.02. The summed E-state index contributed by atoms with van der Waals surface area (Å²) in [7, 11) is 0. The first-order valence-corrected chi connectivity index (χ1v) is 7.05. The topological polar surface area (TPSA) is 68.3 Å². The Hall–Kier alpha value is -2.40. The van der Waals surface area contributed by atoms with Crippen LogP contribution >= 0.6 is 11.6 Å². The SMILES string of the molecule is CC(=O)C(C)Oc1ccccc1NC(=O)c1cccnc1Cl. The Morgan fingerprint density at radius 2 is 1.95 bits per heavy atom. The number of ether oxygens (including phenoxy) is 1. The van der Waals surface area contributed by atoms with Crippen LogP contribution in [-0.4, -0.2) is 22.8 Å². The Labute approximate surface area is 133 Å². The zero-order valence-electron chi connectivity index (χ0n) is 12.2. The standard InChI is InChI=1S/C16H15ClN2O3/c1-10(20)11(2)22-14-8-4-3-7-13(14)19-16(21)12-6-5-9-18-15(12)17/h3-9,11H,1-2H3,(H,19,21). The summed E-state index contributed by atoms with van der Waals surface area (Å²) in [5.41, 5.74) is 0.721. The number of carbonyl (C=O) groups excluding carboxylic acids is 2. The summed E-state index contributed by atoms with van der Waals surface area (Å²) in [6, 6.07) is 10.1. The van der Waals surface area contributed by atoms with Gasteiger partial charge in [0.2, 0.25) is 0 Å². The lowest BCUT2D eigenvalue weighted by atomic mass is 10.2. The van der Waals surface area contributed by atoms with Gasteiger partial charge in [0.15, 0.2) is 11.9 Å². The van der Waals surface area contributed by atoms with E-state index < -0.39 is 12.0 Å². The van der Waals surface area contributed by atoms with Gasteiger partial charge in [-0.3, -0.25) is 9.59 Å². The van der Waals surface area contributed by atoms with E-state index in [0.717, 1.165) is 0 Å². The van der Waals surface area contributed by atoms with E-state index >= 15 is 0 Å². The molecule has 0 aliphatic rings. The highest BCUT2D eigenvalue weighted by molar-refractivity contribution is 6.33. The molecule has 1 atom stereocenters. The first-order valence-electron chi connectivity index (χ1n) is 6.67. The molecule has 22 heavy (non-hydrogen) atoms. The summed E-state index contributed by atoms with van der Waals surface area (Å²) in [6.07, 6.45) is 0.907. The normalized spacial score (nSPS) is 11.6. The number of ketones is 1. The number of halogens is 1. The van der Waals surface area contributed by atoms with Crippen LogP contribution in [0.25, 0.3) is 0 Å². The number of anilines is 1. The monoisotopic (exact) mass is 318 g/mol. The number of aromatic nitrogens is 1. The van der Waals surface area contributed by atoms with Crippen molar-refractivity contribution < 1.29 is 14.3 Å². The molecule has 0 aliphatic heterocycles. The van der Waals surface area contributed by atoms with Gasteiger partial charge in [0.1, 0.15) is 10.9 Å². The maximum Gasteiger partial charge on any atom is 0.258 e. The number of nitrogens with zero attached hydrogens (tertiary/aromatic N) is 1. The molecule has 0 saturated heterocycles. The molecule has 2 aromatic rings. The fourth-order valence-electron chi connectivity index (χ4n) is 1.69. The highest BCUT2D eigenvalue weighted by Crippen LogP contribution is 2.26. The molecule has 2 rings (SSSR count). The van der Waals surface area contributed by atoms with E-state index in [9.17, 15) is 9.59 Å². The summed E-state index contributed by atoms with van der Waals surface area (Å²) < 4.78 is 5.56. The molecule has 1 aromatic carbocycles. The predicted molar refractivity (Wildman–Crippen MR) is 84.4 cm³/mol. The molecule has 114 valence electrons. The fraction of sp³-hybridized carbons (Fsp3) is 0.188. The van der Waals surface area contributed by atoms with Gasteiger partial charge in [0, 0.05) is 6.20 Å². The maximum absolute atomic E-state index is 12.2. The minimum absolute atomic E-state index is 0.101. The van der Waals surface area contributed by atoms with Crippen molar-refractivity contribution in [3.05, 3.63) is 53.3 Å². The van der Waals surface area contributed by atoms with Crippen molar-refractivity contribution in [1.29, 1.82) is 0 Å². The summed E-state index contributed by atoms with van der Waals surface area (Å²) >= 11 is 5.90. The van der Waals surface area contributed by atoms with Gasteiger partial charge >= 0.3 is 0 Å². The van der Waals surface area contributed by atoms with E-state index in [1.54, 1.807) is 43.3 Å². The smallest absolute Gasteiger partial charge is 0.258 e. The van der Waals surface area contributed by atoms with Gasteiger partial charge in [0.25, 0.3) is 5.91 Å². The molecule has 1 amide bonds. The summed E-state index contributed by atoms with van der Waals surface area (Å²) in [5.74, 6) is -0.0837. The number of benzene rings is 1. The van der Waals surface area contributed by atoms with Crippen LogP contribution in [0.15, 0.2) is 42.6 Å². The predicted octanol–water partition coefficient (Wildman–Crippen LogP) is 3.34. The van der Waals surface area contributed by atoms with E-state index in [-0.39, 0.29) is 16.5 Å². The number of carbonyl (C=O) groups is 2. The van der Waals surface area contributed by atoms with Crippen molar-refractivity contribution in [3.63, 3.8) is 0 Å². The summed E-state index contributed by atoms with van der Waals surface area (Å²) in [5, 5.41) is 2.83. The summed E-state index contributed by atoms with van der Waals surface area (Å²) in [6.45, 7) is 3.10. The first kappa shape index (κ1) is 16.0. The number of hydrogen-bond donors (Lipinski definition) is 1. The number of hydrogen-bond acceptors (Lipinski definition) is 4. The maximum atomic E-state index is 12.2. The second-order valence-electron chi connectivity index (χ2n) is 4.66. The molecule has 0 saturated carbocycles. The average Bonchev–Trinajstić information content (AvgIpc) is 2.49. The molecule has 1 aromatic heterocycles. The van der Waals surface area contributed by atoms with Crippen LogP contribution in [0.2, 0.25) is 5.15 Å². The number of nitrogens with one attached hydrogen (secondary N) is 1. The third-order valence-electron chi connectivity index (χ3n) is 3.02. The van der Waals surface area contributed by atoms with Crippen molar-refractivity contribution in [1.82, 2.24) is 4.98 Å². The van der Waals surface area contributed by atoms with E-state index in [0.29, 0.717) is 11.4 Å². The Morgan fingerprint density at radius 3 is 2.64 bits per heavy atom. The Balaban J connectivity index is 2.21. The van der Waals surface area contributed by atoms with Crippen molar-refractivity contribution in [2.75, 3.05) is 5.32 Å². The molecule has 6 heteroatoms. The van der Waals surface area contributed by atoms with Crippen LogP contribution in [0, 0.1) is 0 Å². The molecule has 0 spiro atoms. The van der Waals surface area contributed by atoms with Crippen LogP contribution < -0.4 is 10.1 Å². The second kappa shape index (κ2) is 7.04. The number of amides is 1. The number of Topliss-reactive ketones (excluding diaryl/α,β-unsaturated/α-hetero) is 1. The van der Waals surface area contributed by atoms with Gasteiger partial charge in [-0.1, -0.05) is 23.7 Å². The van der Waals surface area contributed by atoms with Gasteiger partial charge in [0.05, 0.1) is 11.3 Å². The van der Waals surface area contributed by atoms with Crippen LogP contribution in [0.1, 0.15) is 24.2 Å². The molecule has 1 heterocycles. The largest absolute Gasteiger partial charge is 0.481 e. The Morgan fingerprint density at radius 1 is 1.23 bits per heavy atom. The Kier molecular flexibility index (Phi) is 5.12. The molecule has 0 bridgehead atoms. The van der Waals surface area contributed by atoms with E-state index in [2.05, 4.69) is 10.3 Å². The molecule has 1 N–H and O–H groups in total. The van der Waals surface area contributed by atoms with Crippen LogP contribution in [0.3, 0.4) is 0 Å². The number of rotatable bonds is 5. The minimum atomic E-state index is -0.597. The van der Waals surface area contributed by atoms with Crippen molar-refractivity contribution in [2.24, 2.45) is 0 Å². The fourth-order valence-corrected chi connectivity index (χ4v) is 1.90. The lowest BCUT2D eigenvalue weighted by Crippen LogP contribution is -2.22. The van der Waals surface area contributed by atoms with Gasteiger partial charge in [-0.05, 0) is 38.1 Å². The molecule has 0 radical (unpaired) electrons. The quantitative estimate of drug-likeness (QED) is 0.858. The van der Waals surface area contributed by atoms with E-state index in [1.807, 2.05) is 0 Å². The number of pyridine rings is 1. The highest BCUT2D eigenvalue weighted by Gasteiger charge is 2.15. The van der Waals surface area contributed by atoms with Gasteiger partial charge < -0.3 is 10.1 Å². The van der Waals surface area contributed by atoms with Crippen molar-refractivity contribution >= 4 is 29.0 Å². The zero-order valence-corrected chi connectivity index (χ0v) is 12.9. The van der Waals surface area contributed by atoms with Gasteiger partial charge in [-0.15, -0.1) is 0 Å². The van der Waals surface area contributed by atoms with Gasteiger partial charge in [-0.25, -0.2) is 4.98 Å². The van der Waals surface area contributed by atoms with Gasteiger partial charge in [-0.2, -0.15) is 0 Å². The molecule has 1 unspecified atom stereocenters. The lowest BCUT2D eigenvalue weighted by molar-refractivity contribution is -0.122. The number of para-hydroxylation sites is 2. The van der Waals surface area contributed by atoms with Crippen LogP contribution in [0.4, 0.5) is 5.69 Å². The molecule has 5 nitrogen and oxygen atoms in total. The first-order chi connectivity index (χ1) is 10.5. The molecular formula is C16H15ClN2O3. The third kappa shape index (κ3) is 3.83. The third-order valence-corrected chi connectivity index (χ3v) is 3.32.